The lowest BCUT2D eigenvalue weighted by Gasteiger charge is -2.03. The van der Waals surface area contributed by atoms with Crippen molar-refractivity contribution in [2.24, 2.45) is 0 Å². The lowest BCUT2D eigenvalue weighted by atomic mass is 10.1. The molecule has 0 atom stereocenters. The Morgan fingerprint density at radius 3 is 2.76 bits per heavy atom. The fourth-order valence-electron chi connectivity index (χ4n) is 2.75. The Kier molecular flexibility index (Phi) is 4.92. The van der Waals surface area contributed by atoms with Gasteiger partial charge in [-0.15, -0.1) is 10.2 Å². The summed E-state index contributed by atoms with van der Waals surface area (Å²) < 4.78 is 3.11. The molecule has 0 aliphatic carbocycles. The van der Waals surface area contributed by atoms with Crippen LogP contribution in [0, 0.1) is 0 Å². The SMILES string of the molecule is Brc1cccc(-c2nnc3sc(CNCCc4ccccc4)cn23)c1. The molecule has 4 rings (SSSR count). The molecule has 0 aliphatic heterocycles. The molecule has 0 saturated carbocycles. The first kappa shape index (κ1) is 16.4. The second-order valence-electron chi connectivity index (χ2n) is 5.80. The highest BCUT2D eigenvalue weighted by molar-refractivity contribution is 9.10. The van der Waals surface area contributed by atoms with Crippen LogP contribution in [0.25, 0.3) is 16.3 Å². The summed E-state index contributed by atoms with van der Waals surface area (Å²) in [4.78, 5) is 2.18. The number of hydrogen-bond donors (Lipinski definition) is 1. The van der Waals surface area contributed by atoms with Crippen LogP contribution in [0.15, 0.2) is 65.3 Å². The minimum atomic E-state index is 0.846. The van der Waals surface area contributed by atoms with Gasteiger partial charge in [-0.3, -0.25) is 4.40 Å². The Morgan fingerprint density at radius 2 is 1.92 bits per heavy atom. The monoisotopic (exact) mass is 412 g/mol. The molecule has 2 aromatic carbocycles. The molecule has 4 nitrogen and oxygen atoms in total. The predicted molar refractivity (Wildman–Crippen MR) is 106 cm³/mol. The van der Waals surface area contributed by atoms with Gasteiger partial charge in [-0.25, -0.2) is 0 Å². The molecule has 0 bridgehead atoms. The number of benzene rings is 2. The molecule has 0 aliphatic rings. The van der Waals surface area contributed by atoms with E-state index in [2.05, 4.69) is 84.5 Å². The molecular weight excluding hydrogens is 396 g/mol. The van der Waals surface area contributed by atoms with Crippen molar-refractivity contribution in [3.05, 3.63) is 75.7 Å². The van der Waals surface area contributed by atoms with Gasteiger partial charge >= 0.3 is 0 Å². The largest absolute Gasteiger partial charge is 0.311 e. The Labute approximate surface area is 158 Å². The van der Waals surface area contributed by atoms with Gasteiger partial charge in [0.2, 0.25) is 4.96 Å². The first-order valence-corrected chi connectivity index (χ1v) is 9.74. The minimum absolute atomic E-state index is 0.846. The van der Waals surface area contributed by atoms with E-state index in [-0.39, 0.29) is 0 Å². The Morgan fingerprint density at radius 1 is 1.04 bits per heavy atom. The summed E-state index contributed by atoms with van der Waals surface area (Å²) in [7, 11) is 0. The van der Waals surface area contributed by atoms with Crippen molar-refractivity contribution in [3.8, 4) is 11.4 Å². The van der Waals surface area contributed by atoms with E-state index in [9.17, 15) is 0 Å². The van der Waals surface area contributed by atoms with Gasteiger partial charge in [0.1, 0.15) is 0 Å². The number of halogens is 1. The third kappa shape index (κ3) is 3.81. The van der Waals surface area contributed by atoms with Gasteiger partial charge in [0.25, 0.3) is 0 Å². The maximum Gasteiger partial charge on any atom is 0.216 e. The topological polar surface area (TPSA) is 42.2 Å². The van der Waals surface area contributed by atoms with Crippen LogP contribution < -0.4 is 5.32 Å². The zero-order valence-electron chi connectivity index (χ0n) is 13.5. The lowest BCUT2D eigenvalue weighted by molar-refractivity contribution is 0.692. The van der Waals surface area contributed by atoms with Crippen LogP contribution in [-0.4, -0.2) is 21.1 Å². The average Bonchev–Trinajstić information content (AvgIpc) is 3.20. The van der Waals surface area contributed by atoms with Crippen molar-refractivity contribution < 1.29 is 0 Å². The van der Waals surface area contributed by atoms with Gasteiger partial charge in [-0.2, -0.15) is 0 Å². The first-order chi connectivity index (χ1) is 12.3. The zero-order chi connectivity index (χ0) is 17.1. The van der Waals surface area contributed by atoms with Crippen LogP contribution in [0.1, 0.15) is 10.4 Å². The van der Waals surface area contributed by atoms with Crippen molar-refractivity contribution in [2.45, 2.75) is 13.0 Å². The second kappa shape index (κ2) is 7.47. The molecule has 2 aromatic heterocycles. The quantitative estimate of drug-likeness (QED) is 0.472. The van der Waals surface area contributed by atoms with Crippen molar-refractivity contribution >= 4 is 32.2 Å². The predicted octanol–water partition coefficient (Wildman–Crippen LogP) is 4.55. The fraction of sp³-hybridized carbons (Fsp3) is 0.158. The van der Waals surface area contributed by atoms with E-state index >= 15 is 0 Å². The first-order valence-electron chi connectivity index (χ1n) is 8.13. The Bertz CT molecular complexity index is 977. The van der Waals surface area contributed by atoms with Gasteiger partial charge in [-0.05, 0) is 30.7 Å². The number of aromatic nitrogens is 3. The van der Waals surface area contributed by atoms with Crippen LogP contribution in [0.2, 0.25) is 0 Å². The molecule has 25 heavy (non-hydrogen) atoms. The summed E-state index contributed by atoms with van der Waals surface area (Å²) in [6.45, 7) is 1.81. The summed E-state index contributed by atoms with van der Waals surface area (Å²) >= 11 is 5.19. The highest BCUT2D eigenvalue weighted by atomic mass is 79.9. The second-order valence-corrected chi connectivity index (χ2v) is 7.81. The third-order valence-corrected chi connectivity index (χ3v) is 5.44. The molecule has 0 radical (unpaired) electrons. The van der Waals surface area contributed by atoms with Crippen LogP contribution >= 0.6 is 27.3 Å². The maximum absolute atomic E-state index is 4.33. The van der Waals surface area contributed by atoms with Crippen LogP contribution in [-0.2, 0) is 13.0 Å². The summed E-state index contributed by atoms with van der Waals surface area (Å²) in [5.41, 5.74) is 2.42. The summed E-state index contributed by atoms with van der Waals surface area (Å²) in [5.74, 6) is 0.878. The minimum Gasteiger partial charge on any atom is -0.311 e. The summed E-state index contributed by atoms with van der Waals surface area (Å²) in [5, 5.41) is 12.1. The number of hydrogen-bond acceptors (Lipinski definition) is 4. The highest BCUT2D eigenvalue weighted by Crippen LogP contribution is 2.25. The molecule has 1 N–H and O–H groups in total. The molecule has 4 aromatic rings. The fourth-order valence-corrected chi connectivity index (χ4v) is 4.03. The number of rotatable bonds is 6. The van der Waals surface area contributed by atoms with Crippen LogP contribution in [0.4, 0.5) is 0 Å². The number of fused-ring (bicyclic) bond motifs is 1. The molecule has 0 unspecified atom stereocenters. The Hall–Kier alpha value is -2.02. The van der Waals surface area contributed by atoms with E-state index in [1.54, 1.807) is 11.3 Å². The molecule has 126 valence electrons. The summed E-state index contributed by atoms with van der Waals surface area (Å²) in [6, 6.07) is 18.7. The lowest BCUT2D eigenvalue weighted by Crippen LogP contribution is -2.15. The standard InChI is InChI=1S/C19H17BrN4S/c20-16-8-4-7-15(11-16)18-22-23-19-24(18)13-17(25-19)12-21-10-9-14-5-2-1-3-6-14/h1-8,11,13,21H,9-10,12H2. The maximum atomic E-state index is 4.33. The van der Waals surface area contributed by atoms with Gasteiger partial charge in [0.05, 0.1) is 0 Å². The van der Waals surface area contributed by atoms with E-state index in [4.69, 9.17) is 0 Å². The molecule has 0 spiro atoms. The normalized spacial score (nSPS) is 11.2. The van der Waals surface area contributed by atoms with Gasteiger partial charge < -0.3 is 5.32 Å². The van der Waals surface area contributed by atoms with Gasteiger partial charge in [0, 0.05) is 27.7 Å². The van der Waals surface area contributed by atoms with E-state index in [0.717, 1.165) is 40.3 Å². The van der Waals surface area contributed by atoms with Crippen LogP contribution in [0.3, 0.4) is 0 Å². The number of thiazole rings is 1. The van der Waals surface area contributed by atoms with Crippen molar-refractivity contribution in [1.82, 2.24) is 19.9 Å². The average molecular weight is 413 g/mol. The van der Waals surface area contributed by atoms with Crippen LogP contribution in [0.5, 0.6) is 0 Å². The van der Waals surface area contributed by atoms with Crippen molar-refractivity contribution in [3.63, 3.8) is 0 Å². The molecular formula is C19H17BrN4S. The van der Waals surface area contributed by atoms with Gasteiger partial charge in [-0.1, -0.05) is 69.7 Å². The van der Waals surface area contributed by atoms with E-state index in [1.807, 2.05) is 12.1 Å². The number of nitrogens with zero attached hydrogens (tertiary/aromatic N) is 3. The highest BCUT2D eigenvalue weighted by Gasteiger charge is 2.11. The molecule has 6 heteroatoms. The van der Waals surface area contributed by atoms with E-state index in [0.29, 0.717) is 0 Å². The number of nitrogens with one attached hydrogen (secondary N) is 1. The molecule has 2 heterocycles. The van der Waals surface area contributed by atoms with Gasteiger partial charge in [0.15, 0.2) is 5.82 Å². The molecule has 0 amide bonds. The van der Waals surface area contributed by atoms with Crippen molar-refractivity contribution in [2.75, 3.05) is 6.54 Å². The van der Waals surface area contributed by atoms with E-state index in [1.165, 1.54) is 10.4 Å². The smallest absolute Gasteiger partial charge is 0.216 e. The molecule has 0 saturated heterocycles. The third-order valence-electron chi connectivity index (χ3n) is 3.98. The molecule has 0 fully saturated rings. The Balaban J connectivity index is 1.43. The van der Waals surface area contributed by atoms with E-state index < -0.39 is 0 Å². The van der Waals surface area contributed by atoms with Crippen molar-refractivity contribution in [1.29, 1.82) is 0 Å². The summed E-state index contributed by atoms with van der Waals surface area (Å²) in [6.07, 6.45) is 3.17. The zero-order valence-corrected chi connectivity index (χ0v) is 15.9.